The van der Waals surface area contributed by atoms with Gasteiger partial charge in [-0.15, -0.1) is 0 Å². The Morgan fingerprint density at radius 3 is 2.75 bits per heavy atom. The second-order valence-electron chi connectivity index (χ2n) is 5.12. The molecule has 20 heavy (non-hydrogen) atoms. The molecule has 0 heterocycles. The molecule has 0 fully saturated rings. The van der Waals surface area contributed by atoms with Gasteiger partial charge in [0, 0.05) is 24.6 Å². The zero-order valence-corrected chi connectivity index (χ0v) is 11.7. The lowest BCUT2D eigenvalue weighted by Crippen LogP contribution is -2.21. The van der Waals surface area contributed by atoms with E-state index in [9.17, 15) is 14.9 Å². The molecule has 0 radical (unpaired) electrons. The second kappa shape index (κ2) is 6.00. The van der Waals surface area contributed by atoms with Gasteiger partial charge < -0.3 is 9.64 Å². The number of benzene rings is 1. The van der Waals surface area contributed by atoms with Gasteiger partial charge in [0.25, 0.3) is 5.69 Å². The number of fused-ring (bicyclic) bond motifs is 1. The number of rotatable bonds is 5. The Hall–Kier alpha value is -1.95. The molecule has 108 valence electrons. The Bertz CT molecular complexity index is 540. The van der Waals surface area contributed by atoms with Gasteiger partial charge in [-0.3, -0.25) is 14.9 Å². The normalized spacial score (nSPS) is 14.2. The molecule has 0 unspecified atom stereocenters. The Balaban J connectivity index is 2.33. The number of ketones is 1. The van der Waals surface area contributed by atoms with E-state index in [1.807, 2.05) is 19.0 Å². The number of nitro groups is 1. The van der Waals surface area contributed by atoms with Crippen molar-refractivity contribution in [2.45, 2.75) is 19.3 Å². The van der Waals surface area contributed by atoms with Crippen molar-refractivity contribution in [2.75, 3.05) is 27.2 Å². The maximum Gasteiger partial charge on any atom is 0.280 e. The van der Waals surface area contributed by atoms with Crippen LogP contribution in [0.15, 0.2) is 12.1 Å². The van der Waals surface area contributed by atoms with Crippen LogP contribution in [0.2, 0.25) is 0 Å². The molecule has 0 amide bonds. The Labute approximate surface area is 117 Å². The number of hydrogen-bond donors (Lipinski definition) is 0. The van der Waals surface area contributed by atoms with Crippen molar-refractivity contribution >= 4 is 11.5 Å². The van der Waals surface area contributed by atoms with E-state index in [-0.39, 0.29) is 17.0 Å². The molecule has 0 spiro atoms. The van der Waals surface area contributed by atoms with Gasteiger partial charge in [0.15, 0.2) is 5.78 Å². The molecule has 0 aliphatic heterocycles. The van der Waals surface area contributed by atoms with Crippen molar-refractivity contribution in [2.24, 2.45) is 0 Å². The van der Waals surface area contributed by atoms with E-state index in [1.54, 1.807) is 6.07 Å². The minimum Gasteiger partial charge on any atom is -0.492 e. The van der Waals surface area contributed by atoms with Crippen molar-refractivity contribution < 1.29 is 14.5 Å². The Morgan fingerprint density at radius 2 is 2.10 bits per heavy atom. The lowest BCUT2D eigenvalue weighted by Gasteiger charge is -2.19. The van der Waals surface area contributed by atoms with E-state index in [1.165, 1.54) is 6.07 Å². The van der Waals surface area contributed by atoms with Crippen LogP contribution in [-0.2, 0) is 6.42 Å². The molecule has 6 nitrogen and oxygen atoms in total. The van der Waals surface area contributed by atoms with Crippen molar-refractivity contribution in [1.82, 2.24) is 4.90 Å². The average molecular weight is 278 g/mol. The Kier molecular flexibility index (Phi) is 4.34. The van der Waals surface area contributed by atoms with Gasteiger partial charge in [-0.1, -0.05) is 0 Å². The smallest absolute Gasteiger partial charge is 0.280 e. The summed E-state index contributed by atoms with van der Waals surface area (Å²) in [6.45, 7) is 1.24. The summed E-state index contributed by atoms with van der Waals surface area (Å²) in [5, 5.41) is 11.0. The third kappa shape index (κ3) is 2.96. The van der Waals surface area contributed by atoms with E-state index in [4.69, 9.17) is 4.74 Å². The quantitative estimate of drug-likeness (QED) is 0.609. The molecule has 1 aromatic rings. The van der Waals surface area contributed by atoms with Crippen LogP contribution in [0, 0.1) is 10.1 Å². The first-order chi connectivity index (χ1) is 9.50. The fourth-order valence-electron chi connectivity index (χ4n) is 2.35. The first-order valence-electron chi connectivity index (χ1n) is 6.61. The van der Waals surface area contributed by atoms with Gasteiger partial charge in [0.2, 0.25) is 0 Å². The summed E-state index contributed by atoms with van der Waals surface area (Å²) >= 11 is 0. The minimum atomic E-state index is -0.494. The first-order valence-corrected chi connectivity index (χ1v) is 6.61. The third-order valence-corrected chi connectivity index (χ3v) is 3.35. The first kappa shape index (κ1) is 14.5. The number of carbonyl (C=O) groups excluding carboxylic acids is 1. The second-order valence-corrected chi connectivity index (χ2v) is 5.12. The lowest BCUT2D eigenvalue weighted by atomic mass is 9.88. The van der Waals surface area contributed by atoms with E-state index in [0.29, 0.717) is 30.8 Å². The van der Waals surface area contributed by atoms with E-state index >= 15 is 0 Å². The number of nitro benzene ring substituents is 1. The SMILES string of the molecule is CN(C)CCOc1ccc([N+](=O)[O-])c2c1CCCC2=O. The molecular weight excluding hydrogens is 260 g/mol. The summed E-state index contributed by atoms with van der Waals surface area (Å²) in [5.74, 6) is 0.441. The molecule has 0 saturated carbocycles. The molecule has 0 aromatic heterocycles. The number of ether oxygens (including phenoxy) is 1. The standard InChI is InChI=1S/C14H18N2O4/c1-15(2)8-9-20-13-7-6-11(16(18)19)14-10(13)4-3-5-12(14)17/h6-7H,3-5,8-9H2,1-2H3. The van der Waals surface area contributed by atoms with Gasteiger partial charge in [-0.2, -0.15) is 0 Å². The Morgan fingerprint density at radius 1 is 1.35 bits per heavy atom. The maximum absolute atomic E-state index is 12.0. The summed E-state index contributed by atoms with van der Waals surface area (Å²) in [4.78, 5) is 24.5. The largest absolute Gasteiger partial charge is 0.492 e. The van der Waals surface area contributed by atoms with E-state index < -0.39 is 4.92 Å². The van der Waals surface area contributed by atoms with Crippen molar-refractivity contribution in [3.8, 4) is 5.75 Å². The molecule has 0 bridgehead atoms. The van der Waals surface area contributed by atoms with Gasteiger partial charge >= 0.3 is 0 Å². The van der Waals surface area contributed by atoms with Gasteiger partial charge in [0.1, 0.15) is 17.9 Å². The molecule has 0 atom stereocenters. The van der Waals surface area contributed by atoms with Crippen LogP contribution in [0.4, 0.5) is 5.69 Å². The lowest BCUT2D eigenvalue weighted by molar-refractivity contribution is -0.385. The zero-order chi connectivity index (χ0) is 14.7. The van der Waals surface area contributed by atoms with Gasteiger partial charge in [-0.25, -0.2) is 0 Å². The minimum absolute atomic E-state index is 0.107. The molecule has 1 aliphatic carbocycles. The zero-order valence-electron chi connectivity index (χ0n) is 11.7. The number of likely N-dealkylation sites (N-methyl/N-ethyl adjacent to an activating group) is 1. The molecule has 1 aromatic carbocycles. The summed E-state index contributed by atoms with van der Waals surface area (Å²) in [5.41, 5.74) is 0.822. The summed E-state index contributed by atoms with van der Waals surface area (Å²) in [7, 11) is 3.89. The highest BCUT2D eigenvalue weighted by Gasteiger charge is 2.29. The summed E-state index contributed by atoms with van der Waals surface area (Å²) in [6, 6.07) is 2.97. The van der Waals surface area contributed by atoms with Crippen molar-refractivity contribution in [3.05, 3.63) is 33.4 Å². The number of carbonyl (C=O) groups is 1. The number of nitrogens with zero attached hydrogens (tertiary/aromatic N) is 2. The molecule has 1 aliphatic rings. The van der Waals surface area contributed by atoms with Crippen LogP contribution in [-0.4, -0.2) is 42.9 Å². The van der Waals surface area contributed by atoms with Crippen molar-refractivity contribution in [3.63, 3.8) is 0 Å². The topological polar surface area (TPSA) is 72.7 Å². The predicted octanol–water partition coefficient (Wildman–Crippen LogP) is 2.05. The van der Waals surface area contributed by atoms with E-state index in [2.05, 4.69) is 0 Å². The van der Waals surface area contributed by atoms with Crippen LogP contribution in [0.5, 0.6) is 5.75 Å². The number of hydrogen-bond acceptors (Lipinski definition) is 5. The average Bonchev–Trinajstić information content (AvgIpc) is 2.38. The number of Topliss-reactive ketones (excluding diaryl/α,β-unsaturated/α-hetero) is 1. The summed E-state index contributed by atoms with van der Waals surface area (Å²) < 4.78 is 5.68. The molecule has 0 N–H and O–H groups in total. The van der Waals surface area contributed by atoms with Gasteiger partial charge in [0.05, 0.1) is 4.92 Å². The molecule has 2 rings (SSSR count). The van der Waals surface area contributed by atoms with Crippen LogP contribution in [0.25, 0.3) is 0 Å². The highest BCUT2D eigenvalue weighted by molar-refractivity contribution is 6.02. The third-order valence-electron chi connectivity index (χ3n) is 3.35. The fourth-order valence-corrected chi connectivity index (χ4v) is 2.35. The van der Waals surface area contributed by atoms with Crippen LogP contribution >= 0.6 is 0 Å². The highest BCUT2D eigenvalue weighted by atomic mass is 16.6. The maximum atomic E-state index is 12.0. The van der Waals surface area contributed by atoms with Crippen LogP contribution in [0.1, 0.15) is 28.8 Å². The molecular formula is C14H18N2O4. The predicted molar refractivity (Wildman–Crippen MR) is 74.4 cm³/mol. The molecule has 0 saturated heterocycles. The fraction of sp³-hybridized carbons (Fsp3) is 0.500. The van der Waals surface area contributed by atoms with Crippen molar-refractivity contribution in [1.29, 1.82) is 0 Å². The molecule has 6 heteroatoms. The van der Waals surface area contributed by atoms with Gasteiger partial charge in [-0.05, 0) is 33.0 Å². The summed E-state index contributed by atoms with van der Waals surface area (Å²) in [6.07, 6.45) is 1.74. The highest BCUT2D eigenvalue weighted by Crippen LogP contribution is 2.35. The van der Waals surface area contributed by atoms with E-state index in [0.717, 1.165) is 13.0 Å². The van der Waals surface area contributed by atoms with Crippen LogP contribution < -0.4 is 4.74 Å². The monoisotopic (exact) mass is 278 g/mol. The van der Waals surface area contributed by atoms with Crippen LogP contribution in [0.3, 0.4) is 0 Å².